The second kappa shape index (κ2) is 7.67. The van der Waals surface area contributed by atoms with Crippen LogP contribution < -0.4 is 0 Å². The maximum atomic E-state index is 9.24. The number of piperidine rings is 1. The van der Waals surface area contributed by atoms with Crippen LogP contribution >= 0.6 is 0 Å². The number of nitrogens with zero attached hydrogens (tertiary/aromatic N) is 5. The van der Waals surface area contributed by atoms with E-state index < -0.39 is 0 Å². The standard InChI is InChI=1S/C19H27N5/c1-3-22-14-17(12-19(22)13-20)15-24-9-5-4-6-18(24)7-10-23-11-8-21-16(23)2/h8,11-12,14,18H,3-7,9-10,15H2,1-2H3/t18-/m0/s1. The summed E-state index contributed by atoms with van der Waals surface area (Å²) in [5.41, 5.74) is 2.04. The molecule has 5 nitrogen and oxygen atoms in total. The average Bonchev–Trinajstić information content (AvgIpc) is 3.19. The van der Waals surface area contributed by atoms with Crippen molar-refractivity contribution in [2.45, 2.75) is 65.2 Å². The van der Waals surface area contributed by atoms with E-state index in [-0.39, 0.29) is 0 Å². The summed E-state index contributed by atoms with van der Waals surface area (Å²) in [6.07, 6.45) is 11.1. The highest BCUT2D eigenvalue weighted by Crippen LogP contribution is 2.23. The molecule has 0 aromatic carbocycles. The van der Waals surface area contributed by atoms with Crippen molar-refractivity contribution >= 4 is 0 Å². The third-order valence-corrected chi connectivity index (χ3v) is 5.17. The zero-order valence-electron chi connectivity index (χ0n) is 14.8. The molecule has 1 aliphatic heterocycles. The lowest BCUT2D eigenvalue weighted by atomic mass is 9.98. The summed E-state index contributed by atoms with van der Waals surface area (Å²) in [6, 6.07) is 4.97. The number of imidazole rings is 1. The topological polar surface area (TPSA) is 49.8 Å². The van der Waals surface area contributed by atoms with Crippen LogP contribution in [0.25, 0.3) is 0 Å². The molecule has 2 aromatic rings. The molecule has 5 heteroatoms. The maximum Gasteiger partial charge on any atom is 0.120 e. The van der Waals surface area contributed by atoms with E-state index >= 15 is 0 Å². The molecule has 1 fully saturated rings. The smallest absolute Gasteiger partial charge is 0.120 e. The van der Waals surface area contributed by atoms with Crippen LogP contribution in [0.15, 0.2) is 24.7 Å². The van der Waals surface area contributed by atoms with Gasteiger partial charge in [-0.2, -0.15) is 5.26 Å². The number of aromatic nitrogens is 3. The first-order valence-corrected chi connectivity index (χ1v) is 9.02. The van der Waals surface area contributed by atoms with Crippen molar-refractivity contribution in [2.75, 3.05) is 6.54 Å². The highest BCUT2D eigenvalue weighted by atomic mass is 15.2. The quantitative estimate of drug-likeness (QED) is 0.818. The fourth-order valence-corrected chi connectivity index (χ4v) is 3.77. The molecule has 2 aromatic heterocycles. The second-order valence-corrected chi connectivity index (χ2v) is 6.71. The van der Waals surface area contributed by atoms with Crippen LogP contribution in [0.2, 0.25) is 0 Å². The van der Waals surface area contributed by atoms with E-state index in [0.717, 1.165) is 44.1 Å². The first kappa shape index (κ1) is 16.8. The molecular weight excluding hydrogens is 298 g/mol. The first-order valence-electron chi connectivity index (χ1n) is 9.02. The van der Waals surface area contributed by atoms with Gasteiger partial charge < -0.3 is 9.13 Å². The number of hydrogen-bond acceptors (Lipinski definition) is 3. The molecule has 0 radical (unpaired) electrons. The molecule has 0 N–H and O–H groups in total. The first-order chi connectivity index (χ1) is 11.7. The van der Waals surface area contributed by atoms with Crippen LogP contribution in [0.1, 0.15) is 49.7 Å². The minimum atomic E-state index is 0.621. The van der Waals surface area contributed by atoms with Crippen molar-refractivity contribution < 1.29 is 0 Å². The molecule has 24 heavy (non-hydrogen) atoms. The predicted octanol–water partition coefficient (Wildman–Crippen LogP) is 3.33. The zero-order valence-corrected chi connectivity index (χ0v) is 14.8. The van der Waals surface area contributed by atoms with E-state index in [0.29, 0.717) is 6.04 Å². The lowest BCUT2D eigenvalue weighted by Gasteiger charge is -2.35. The van der Waals surface area contributed by atoms with Gasteiger partial charge in [0.15, 0.2) is 0 Å². The summed E-state index contributed by atoms with van der Waals surface area (Å²) in [6.45, 7) is 8.15. The third kappa shape index (κ3) is 3.70. The van der Waals surface area contributed by atoms with Gasteiger partial charge in [-0.1, -0.05) is 6.42 Å². The molecule has 0 spiro atoms. The SMILES string of the molecule is CCn1cc(CN2CCCC[C@H]2CCn2ccnc2C)cc1C#N. The van der Waals surface area contributed by atoms with Crippen LogP contribution in [-0.4, -0.2) is 31.6 Å². The van der Waals surface area contributed by atoms with Gasteiger partial charge in [-0.25, -0.2) is 4.98 Å². The van der Waals surface area contributed by atoms with Gasteiger partial charge in [0, 0.05) is 44.3 Å². The van der Waals surface area contributed by atoms with Crippen LogP contribution in [-0.2, 0) is 19.6 Å². The van der Waals surface area contributed by atoms with Crippen molar-refractivity contribution in [2.24, 2.45) is 0 Å². The van der Waals surface area contributed by atoms with Gasteiger partial charge in [-0.3, -0.25) is 4.90 Å². The Morgan fingerprint density at radius 1 is 1.33 bits per heavy atom. The molecule has 128 valence electrons. The predicted molar refractivity (Wildman–Crippen MR) is 94.5 cm³/mol. The highest BCUT2D eigenvalue weighted by Gasteiger charge is 2.23. The van der Waals surface area contributed by atoms with E-state index in [1.165, 1.54) is 24.8 Å². The van der Waals surface area contributed by atoms with E-state index in [4.69, 9.17) is 0 Å². The lowest BCUT2D eigenvalue weighted by molar-refractivity contribution is 0.128. The van der Waals surface area contributed by atoms with Crippen molar-refractivity contribution in [1.82, 2.24) is 19.0 Å². The maximum absolute atomic E-state index is 9.24. The molecule has 0 bridgehead atoms. The summed E-state index contributed by atoms with van der Waals surface area (Å²) in [5, 5.41) is 9.24. The van der Waals surface area contributed by atoms with Crippen molar-refractivity contribution in [3.05, 3.63) is 41.7 Å². The van der Waals surface area contributed by atoms with Gasteiger partial charge in [0.2, 0.25) is 0 Å². The third-order valence-electron chi connectivity index (χ3n) is 5.17. The Morgan fingerprint density at radius 3 is 2.88 bits per heavy atom. The molecule has 3 rings (SSSR count). The molecule has 1 saturated heterocycles. The van der Waals surface area contributed by atoms with Crippen molar-refractivity contribution in [3.8, 4) is 6.07 Å². The van der Waals surface area contributed by atoms with Gasteiger partial charge in [-0.15, -0.1) is 0 Å². The van der Waals surface area contributed by atoms with E-state index in [1.807, 2.05) is 10.8 Å². The molecular formula is C19H27N5. The molecule has 1 atom stereocenters. The van der Waals surface area contributed by atoms with Gasteiger partial charge >= 0.3 is 0 Å². The molecule has 0 saturated carbocycles. The van der Waals surface area contributed by atoms with Crippen molar-refractivity contribution in [3.63, 3.8) is 0 Å². The highest BCUT2D eigenvalue weighted by molar-refractivity contribution is 5.28. The molecule has 0 amide bonds. The molecule has 3 heterocycles. The van der Waals surface area contributed by atoms with Gasteiger partial charge in [-0.05, 0) is 51.3 Å². The van der Waals surface area contributed by atoms with Crippen LogP contribution in [0.5, 0.6) is 0 Å². The number of hydrogen-bond donors (Lipinski definition) is 0. The molecule has 0 unspecified atom stereocenters. The average molecular weight is 325 g/mol. The fourth-order valence-electron chi connectivity index (χ4n) is 3.77. The summed E-state index contributed by atoms with van der Waals surface area (Å²) in [5.74, 6) is 1.09. The van der Waals surface area contributed by atoms with Gasteiger partial charge in [0.1, 0.15) is 17.6 Å². The lowest BCUT2D eigenvalue weighted by Crippen LogP contribution is -2.39. The Bertz CT molecular complexity index is 706. The Morgan fingerprint density at radius 2 is 2.21 bits per heavy atom. The van der Waals surface area contributed by atoms with E-state index in [2.05, 4.69) is 52.8 Å². The van der Waals surface area contributed by atoms with E-state index in [1.54, 1.807) is 0 Å². The summed E-state index contributed by atoms with van der Waals surface area (Å²) in [7, 11) is 0. The normalized spacial score (nSPS) is 18.6. The fraction of sp³-hybridized carbons (Fsp3) is 0.579. The van der Waals surface area contributed by atoms with Crippen LogP contribution in [0.3, 0.4) is 0 Å². The van der Waals surface area contributed by atoms with E-state index in [9.17, 15) is 5.26 Å². The molecule has 1 aliphatic rings. The Kier molecular flexibility index (Phi) is 5.37. The number of rotatable bonds is 6. The van der Waals surface area contributed by atoms with Crippen LogP contribution in [0.4, 0.5) is 0 Å². The number of aryl methyl sites for hydroxylation is 3. The zero-order chi connectivity index (χ0) is 16.9. The minimum absolute atomic E-state index is 0.621. The van der Waals surface area contributed by atoms with Crippen LogP contribution in [0, 0.1) is 18.3 Å². The minimum Gasteiger partial charge on any atom is -0.339 e. The largest absolute Gasteiger partial charge is 0.339 e. The number of nitriles is 1. The summed E-state index contributed by atoms with van der Waals surface area (Å²) in [4.78, 5) is 6.92. The molecule has 0 aliphatic carbocycles. The Balaban J connectivity index is 1.65. The number of likely N-dealkylation sites (tertiary alicyclic amines) is 1. The van der Waals surface area contributed by atoms with Gasteiger partial charge in [0.05, 0.1) is 0 Å². The summed E-state index contributed by atoms with van der Waals surface area (Å²) >= 11 is 0. The van der Waals surface area contributed by atoms with Crippen molar-refractivity contribution in [1.29, 1.82) is 5.26 Å². The monoisotopic (exact) mass is 325 g/mol. The Hall–Kier alpha value is -2.06. The van der Waals surface area contributed by atoms with Gasteiger partial charge in [0.25, 0.3) is 0 Å². The Labute approximate surface area is 144 Å². The summed E-state index contributed by atoms with van der Waals surface area (Å²) < 4.78 is 4.29. The second-order valence-electron chi connectivity index (χ2n) is 6.71.